The average molecular weight is 401 g/mol. The Morgan fingerprint density at radius 2 is 2.00 bits per heavy atom. The van der Waals surface area contributed by atoms with E-state index in [4.69, 9.17) is 17.0 Å². The molecule has 0 saturated carbocycles. The van der Waals surface area contributed by atoms with Crippen LogP contribution in [0.1, 0.15) is 12.0 Å². The standard InChI is InChI=1S/C19H20N4O2S2/c24-18-16(13-14-3-1-4-15-17(14)21-6-5-20-15)27-19(26)23(18)8-2-7-22-9-11-25-12-10-22/h1,3-6,13H,2,7-12H2/b16-13-. The van der Waals surface area contributed by atoms with Gasteiger partial charge in [-0.3, -0.25) is 24.6 Å². The number of hydrogen-bond donors (Lipinski definition) is 0. The fraction of sp³-hybridized carbons (Fsp3) is 0.368. The van der Waals surface area contributed by atoms with Gasteiger partial charge in [0.15, 0.2) is 0 Å². The fourth-order valence-corrected chi connectivity index (χ4v) is 4.54. The van der Waals surface area contributed by atoms with Crippen LogP contribution in [0.25, 0.3) is 17.1 Å². The van der Waals surface area contributed by atoms with E-state index in [9.17, 15) is 4.79 Å². The highest BCUT2D eigenvalue weighted by Gasteiger charge is 2.31. The number of ether oxygens (including phenoxy) is 1. The molecule has 1 aromatic carbocycles. The summed E-state index contributed by atoms with van der Waals surface area (Å²) in [6, 6.07) is 5.78. The van der Waals surface area contributed by atoms with Crippen LogP contribution in [0.4, 0.5) is 0 Å². The Balaban J connectivity index is 1.44. The van der Waals surface area contributed by atoms with Crippen molar-refractivity contribution < 1.29 is 9.53 Å². The molecule has 2 aliphatic heterocycles. The maximum atomic E-state index is 12.8. The van der Waals surface area contributed by atoms with E-state index in [0.717, 1.165) is 55.9 Å². The molecule has 140 valence electrons. The molecule has 2 aromatic rings. The number of carbonyl (C=O) groups is 1. The first-order valence-corrected chi connectivity index (χ1v) is 10.2. The van der Waals surface area contributed by atoms with Crippen LogP contribution in [-0.4, -0.2) is 69.4 Å². The van der Waals surface area contributed by atoms with Crippen molar-refractivity contribution in [2.24, 2.45) is 0 Å². The van der Waals surface area contributed by atoms with Crippen molar-refractivity contribution in [2.75, 3.05) is 39.4 Å². The maximum Gasteiger partial charge on any atom is 0.266 e. The number of thioether (sulfide) groups is 1. The first-order valence-electron chi connectivity index (χ1n) is 8.97. The smallest absolute Gasteiger partial charge is 0.266 e. The molecule has 0 unspecified atom stereocenters. The zero-order valence-electron chi connectivity index (χ0n) is 14.8. The second kappa shape index (κ2) is 8.43. The summed E-state index contributed by atoms with van der Waals surface area (Å²) in [6.45, 7) is 5.10. The maximum absolute atomic E-state index is 12.8. The molecule has 0 radical (unpaired) electrons. The van der Waals surface area contributed by atoms with Crippen molar-refractivity contribution in [3.63, 3.8) is 0 Å². The van der Waals surface area contributed by atoms with Gasteiger partial charge in [0, 0.05) is 44.1 Å². The summed E-state index contributed by atoms with van der Waals surface area (Å²) in [7, 11) is 0. The van der Waals surface area contributed by atoms with E-state index in [2.05, 4.69) is 14.9 Å². The van der Waals surface area contributed by atoms with Gasteiger partial charge in [0.05, 0.1) is 29.2 Å². The Morgan fingerprint density at radius 3 is 2.85 bits per heavy atom. The van der Waals surface area contributed by atoms with E-state index in [0.29, 0.717) is 15.8 Å². The molecule has 1 aromatic heterocycles. The normalized spacial score (nSPS) is 20.1. The number of fused-ring (bicyclic) bond motifs is 1. The quantitative estimate of drug-likeness (QED) is 0.565. The molecule has 27 heavy (non-hydrogen) atoms. The van der Waals surface area contributed by atoms with Gasteiger partial charge in [-0.1, -0.05) is 36.1 Å². The zero-order chi connectivity index (χ0) is 18.6. The number of benzene rings is 1. The van der Waals surface area contributed by atoms with E-state index in [1.165, 1.54) is 11.8 Å². The van der Waals surface area contributed by atoms with Crippen LogP contribution >= 0.6 is 24.0 Å². The summed E-state index contributed by atoms with van der Waals surface area (Å²) in [4.78, 5) is 26.3. The van der Waals surface area contributed by atoms with E-state index >= 15 is 0 Å². The van der Waals surface area contributed by atoms with Gasteiger partial charge < -0.3 is 4.74 Å². The molecule has 3 heterocycles. The fourth-order valence-electron chi connectivity index (χ4n) is 3.24. The summed E-state index contributed by atoms with van der Waals surface area (Å²) in [6.07, 6.45) is 6.11. The van der Waals surface area contributed by atoms with Crippen molar-refractivity contribution in [3.05, 3.63) is 41.1 Å². The number of carbonyl (C=O) groups excluding carboxylic acids is 1. The topological polar surface area (TPSA) is 58.6 Å². The van der Waals surface area contributed by atoms with Crippen LogP contribution in [0, 0.1) is 0 Å². The number of aromatic nitrogens is 2. The van der Waals surface area contributed by atoms with Crippen molar-refractivity contribution in [2.45, 2.75) is 6.42 Å². The largest absolute Gasteiger partial charge is 0.379 e. The van der Waals surface area contributed by atoms with Crippen molar-refractivity contribution in [3.8, 4) is 0 Å². The Bertz CT molecular complexity index is 891. The number of para-hydroxylation sites is 1. The number of amides is 1. The molecular weight excluding hydrogens is 380 g/mol. The summed E-state index contributed by atoms with van der Waals surface area (Å²) in [5.41, 5.74) is 2.49. The second-order valence-electron chi connectivity index (χ2n) is 6.41. The summed E-state index contributed by atoms with van der Waals surface area (Å²) in [5.74, 6) is -0.0205. The predicted octanol–water partition coefficient (Wildman–Crippen LogP) is 2.55. The van der Waals surface area contributed by atoms with Crippen molar-refractivity contribution in [1.29, 1.82) is 0 Å². The lowest BCUT2D eigenvalue weighted by atomic mass is 10.1. The number of thiocarbonyl (C=S) groups is 1. The molecule has 0 atom stereocenters. The molecule has 0 spiro atoms. The Hall–Kier alpha value is -1.87. The van der Waals surface area contributed by atoms with Crippen LogP contribution in [0.2, 0.25) is 0 Å². The van der Waals surface area contributed by atoms with Crippen molar-refractivity contribution >= 4 is 51.3 Å². The molecule has 0 aliphatic carbocycles. The van der Waals surface area contributed by atoms with E-state index in [-0.39, 0.29) is 5.91 Å². The monoisotopic (exact) mass is 400 g/mol. The lowest BCUT2D eigenvalue weighted by Crippen LogP contribution is -2.38. The summed E-state index contributed by atoms with van der Waals surface area (Å²) in [5, 5.41) is 0. The predicted molar refractivity (Wildman–Crippen MR) is 111 cm³/mol. The van der Waals surface area contributed by atoms with Crippen molar-refractivity contribution in [1.82, 2.24) is 19.8 Å². The van der Waals surface area contributed by atoms with E-state index in [1.54, 1.807) is 17.3 Å². The SMILES string of the molecule is O=C1/C(=C/c2cccc3nccnc23)SC(=S)N1CCCN1CCOCC1. The Labute approximate surface area is 167 Å². The highest BCUT2D eigenvalue weighted by molar-refractivity contribution is 8.26. The van der Waals surface area contributed by atoms with Gasteiger partial charge >= 0.3 is 0 Å². The lowest BCUT2D eigenvalue weighted by molar-refractivity contribution is -0.122. The molecule has 0 N–H and O–H groups in total. The molecule has 6 nitrogen and oxygen atoms in total. The number of morpholine rings is 1. The lowest BCUT2D eigenvalue weighted by Gasteiger charge is -2.27. The van der Waals surface area contributed by atoms with Crippen LogP contribution in [0.5, 0.6) is 0 Å². The Morgan fingerprint density at radius 1 is 1.19 bits per heavy atom. The highest BCUT2D eigenvalue weighted by atomic mass is 32.2. The van der Waals surface area contributed by atoms with Gasteiger partial charge in [-0.25, -0.2) is 0 Å². The summed E-state index contributed by atoms with van der Waals surface area (Å²) < 4.78 is 5.99. The molecule has 8 heteroatoms. The van der Waals surface area contributed by atoms with Gasteiger partial charge in [0.25, 0.3) is 5.91 Å². The molecule has 2 saturated heterocycles. The first kappa shape index (κ1) is 18.5. The molecule has 2 aliphatic rings. The van der Waals surface area contributed by atoms with Crippen LogP contribution < -0.4 is 0 Å². The highest BCUT2D eigenvalue weighted by Crippen LogP contribution is 2.33. The minimum atomic E-state index is -0.0205. The van der Waals surface area contributed by atoms with Gasteiger partial charge in [-0.2, -0.15) is 0 Å². The molecular formula is C19H20N4O2S2. The minimum absolute atomic E-state index is 0.0205. The van der Waals surface area contributed by atoms with Crippen LogP contribution in [0.15, 0.2) is 35.5 Å². The van der Waals surface area contributed by atoms with Crippen LogP contribution in [0.3, 0.4) is 0 Å². The molecule has 2 fully saturated rings. The summed E-state index contributed by atoms with van der Waals surface area (Å²) >= 11 is 6.80. The van der Waals surface area contributed by atoms with Gasteiger partial charge in [0.1, 0.15) is 4.32 Å². The van der Waals surface area contributed by atoms with Gasteiger partial charge in [-0.05, 0) is 18.6 Å². The minimum Gasteiger partial charge on any atom is -0.379 e. The third-order valence-electron chi connectivity index (χ3n) is 4.65. The van der Waals surface area contributed by atoms with Gasteiger partial charge in [-0.15, -0.1) is 0 Å². The Kier molecular flexibility index (Phi) is 5.77. The number of nitrogens with zero attached hydrogens (tertiary/aromatic N) is 4. The zero-order valence-corrected chi connectivity index (χ0v) is 16.5. The average Bonchev–Trinajstić information content (AvgIpc) is 2.96. The second-order valence-corrected chi connectivity index (χ2v) is 8.09. The number of rotatable bonds is 5. The first-order chi connectivity index (χ1) is 13.2. The van der Waals surface area contributed by atoms with Gasteiger partial charge in [0.2, 0.25) is 0 Å². The third kappa shape index (κ3) is 4.19. The van der Waals surface area contributed by atoms with E-state index in [1.807, 2.05) is 24.3 Å². The molecule has 1 amide bonds. The third-order valence-corrected chi connectivity index (χ3v) is 6.03. The number of hydrogen-bond acceptors (Lipinski definition) is 7. The molecule has 4 rings (SSSR count). The molecule has 0 bridgehead atoms. The van der Waals surface area contributed by atoms with E-state index < -0.39 is 0 Å². The van der Waals surface area contributed by atoms with Crippen LogP contribution in [-0.2, 0) is 9.53 Å².